The molecule has 1 aliphatic carbocycles. The summed E-state index contributed by atoms with van der Waals surface area (Å²) in [6.07, 6.45) is 4.37. The Morgan fingerprint density at radius 1 is 1.06 bits per heavy atom. The van der Waals surface area contributed by atoms with E-state index in [1.54, 1.807) is 0 Å². The van der Waals surface area contributed by atoms with Gasteiger partial charge in [-0.2, -0.15) is 0 Å². The number of hydrogen-bond donors (Lipinski definition) is 2. The van der Waals surface area contributed by atoms with Gasteiger partial charge in [0, 0.05) is 6.54 Å². The largest absolute Gasteiger partial charge is 0.382 e. The van der Waals surface area contributed by atoms with Gasteiger partial charge in [-0.05, 0) is 25.0 Å². The van der Waals surface area contributed by atoms with E-state index in [4.69, 9.17) is 0 Å². The van der Waals surface area contributed by atoms with Gasteiger partial charge in [-0.15, -0.1) is 0 Å². The van der Waals surface area contributed by atoms with E-state index in [0.717, 1.165) is 30.8 Å². The summed E-state index contributed by atoms with van der Waals surface area (Å²) < 4.78 is 0. The zero-order valence-corrected chi connectivity index (χ0v) is 9.25. The first kappa shape index (κ1) is 9.70. The molecule has 3 nitrogen and oxygen atoms in total. The Kier molecular flexibility index (Phi) is 2.13. The minimum absolute atomic E-state index is 0.168. The number of anilines is 2. The van der Waals surface area contributed by atoms with E-state index in [1.165, 1.54) is 12.8 Å². The number of hydrogen-bond acceptors (Lipinski definition) is 2. The molecule has 2 N–H and O–H groups in total. The normalized spacial score (nSPS) is 22.1. The van der Waals surface area contributed by atoms with Crippen molar-refractivity contribution < 1.29 is 4.79 Å². The Bertz CT molecular complexity index is 422. The molecule has 0 aromatic heterocycles. The predicted molar refractivity (Wildman–Crippen MR) is 64.5 cm³/mol. The third-order valence-electron chi connectivity index (χ3n) is 3.83. The Labute approximate surface area is 95.2 Å². The molecule has 0 unspecified atom stereocenters. The molecule has 0 radical (unpaired) electrons. The van der Waals surface area contributed by atoms with E-state index in [0.29, 0.717) is 0 Å². The summed E-state index contributed by atoms with van der Waals surface area (Å²) >= 11 is 0. The van der Waals surface area contributed by atoms with Gasteiger partial charge >= 0.3 is 0 Å². The third kappa shape index (κ3) is 1.39. The van der Waals surface area contributed by atoms with Gasteiger partial charge in [0.05, 0.1) is 16.8 Å². The van der Waals surface area contributed by atoms with Crippen LogP contribution in [0.3, 0.4) is 0 Å². The fourth-order valence-electron chi connectivity index (χ4n) is 2.80. The van der Waals surface area contributed by atoms with Crippen LogP contribution in [0.2, 0.25) is 0 Å². The molecule has 1 heterocycles. The fraction of sp³-hybridized carbons (Fsp3) is 0.462. The number of benzene rings is 1. The van der Waals surface area contributed by atoms with Crippen LogP contribution in [0.25, 0.3) is 0 Å². The van der Waals surface area contributed by atoms with Crippen LogP contribution in [0.4, 0.5) is 11.4 Å². The second kappa shape index (κ2) is 3.51. The second-order valence-corrected chi connectivity index (χ2v) is 4.84. The van der Waals surface area contributed by atoms with Crippen molar-refractivity contribution in [3.63, 3.8) is 0 Å². The lowest BCUT2D eigenvalue weighted by molar-refractivity contribution is -0.124. The Balaban J connectivity index is 1.95. The number of carbonyl (C=O) groups excluding carboxylic acids is 1. The molecule has 84 valence electrons. The molecule has 16 heavy (non-hydrogen) atoms. The summed E-state index contributed by atoms with van der Waals surface area (Å²) in [5.41, 5.74) is 1.79. The molecule has 0 bridgehead atoms. The second-order valence-electron chi connectivity index (χ2n) is 4.84. The van der Waals surface area contributed by atoms with Crippen LogP contribution in [0.5, 0.6) is 0 Å². The summed E-state index contributed by atoms with van der Waals surface area (Å²) in [6, 6.07) is 7.91. The Hall–Kier alpha value is -1.51. The Morgan fingerprint density at radius 2 is 1.75 bits per heavy atom. The first-order chi connectivity index (χ1) is 7.80. The van der Waals surface area contributed by atoms with Crippen LogP contribution < -0.4 is 10.6 Å². The van der Waals surface area contributed by atoms with Crippen LogP contribution >= 0.6 is 0 Å². The quantitative estimate of drug-likeness (QED) is 0.700. The highest BCUT2D eigenvalue weighted by molar-refractivity contribution is 6.00. The van der Waals surface area contributed by atoms with Crippen molar-refractivity contribution in [2.24, 2.45) is 5.41 Å². The van der Waals surface area contributed by atoms with Crippen molar-refractivity contribution in [1.29, 1.82) is 0 Å². The lowest BCUT2D eigenvalue weighted by Crippen LogP contribution is -2.37. The number of para-hydroxylation sites is 2. The lowest BCUT2D eigenvalue weighted by atomic mass is 9.85. The number of carbonyl (C=O) groups is 1. The van der Waals surface area contributed by atoms with E-state index >= 15 is 0 Å². The van der Waals surface area contributed by atoms with Crippen LogP contribution in [0.15, 0.2) is 24.3 Å². The minimum Gasteiger partial charge on any atom is -0.382 e. The number of nitrogens with one attached hydrogen (secondary N) is 2. The van der Waals surface area contributed by atoms with Gasteiger partial charge in [0.2, 0.25) is 5.91 Å². The maximum Gasteiger partial charge on any atom is 0.232 e. The predicted octanol–water partition coefficient (Wildman–Crippen LogP) is 2.61. The number of fused-ring (bicyclic) bond motifs is 1. The van der Waals surface area contributed by atoms with Crippen molar-refractivity contribution in [3.8, 4) is 0 Å². The molecule has 0 saturated heterocycles. The van der Waals surface area contributed by atoms with Crippen LogP contribution in [-0.2, 0) is 4.79 Å². The summed E-state index contributed by atoms with van der Waals surface area (Å²) in [4.78, 5) is 12.2. The van der Waals surface area contributed by atoms with Crippen molar-refractivity contribution in [1.82, 2.24) is 0 Å². The van der Waals surface area contributed by atoms with Gasteiger partial charge < -0.3 is 10.6 Å². The molecule has 1 aromatic carbocycles. The molecule has 1 aromatic rings. The molecule has 1 aliphatic heterocycles. The highest BCUT2D eigenvalue weighted by Gasteiger charge is 2.42. The van der Waals surface area contributed by atoms with Gasteiger partial charge in [-0.25, -0.2) is 0 Å². The zero-order chi connectivity index (χ0) is 11.0. The summed E-state index contributed by atoms with van der Waals surface area (Å²) in [7, 11) is 0. The SMILES string of the molecule is O=C1Nc2ccccc2NCC12CCCC2. The Morgan fingerprint density at radius 3 is 2.50 bits per heavy atom. The molecule has 3 heteroatoms. The molecule has 1 fully saturated rings. The van der Waals surface area contributed by atoms with Gasteiger partial charge in [0.15, 0.2) is 0 Å². The average molecular weight is 216 g/mol. The maximum absolute atomic E-state index is 12.2. The summed E-state index contributed by atoms with van der Waals surface area (Å²) in [5, 5.41) is 6.46. The van der Waals surface area contributed by atoms with Crippen molar-refractivity contribution in [2.75, 3.05) is 17.2 Å². The van der Waals surface area contributed by atoms with E-state index in [9.17, 15) is 4.79 Å². The van der Waals surface area contributed by atoms with E-state index in [1.807, 2.05) is 24.3 Å². The monoisotopic (exact) mass is 216 g/mol. The fourth-order valence-corrected chi connectivity index (χ4v) is 2.80. The highest BCUT2D eigenvalue weighted by Crippen LogP contribution is 2.41. The van der Waals surface area contributed by atoms with Gasteiger partial charge in [-0.1, -0.05) is 25.0 Å². The van der Waals surface area contributed by atoms with Crippen LogP contribution in [0.1, 0.15) is 25.7 Å². The topological polar surface area (TPSA) is 41.1 Å². The van der Waals surface area contributed by atoms with Crippen LogP contribution in [0, 0.1) is 5.41 Å². The minimum atomic E-state index is -0.168. The average Bonchev–Trinajstić information content (AvgIpc) is 2.72. The van der Waals surface area contributed by atoms with Crippen molar-refractivity contribution in [2.45, 2.75) is 25.7 Å². The van der Waals surface area contributed by atoms with Gasteiger partial charge in [0.25, 0.3) is 0 Å². The molecule has 1 saturated carbocycles. The first-order valence-corrected chi connectivity index (χ1v) is 5.95. The highest BCUT2D eigenvalue weighted by atomic mass is 16.2. The molecule has 1 amide bonds. The zero-order valence-electron chi connectivity index (χ0n) is 9.25. The van der Waals surface area contributed by atoms with Crippen LogP contribution in [-0.4, -0.2) is 12.5 Å². The smallest absolute Gasteiger partial charge is 0.232 e. The summed E-state index contributed by atoms with van der Waals surface area (Å²) in [6.45, 7) is 0.774. The lowest BCUT2D eigenvalue weighted by Gasteiger charge is -2.24. The van der Waals surface area contributed by atoms with Gasteiger partial charge in [-0.3, -0.25) is 4.79 Å². The maximum atomic E-state index is 12.2. The molecule has 2 aliphatic rings. The molecule has 1 spiro atoms. The van der Waals surface area contributed by atoms with Crippen molar-refractivity contribution >= 4 is 17.3 Å². The molecular weight excluding hydrogens is 200 g/mol. The van der Waals surface area contributed by atoms with E-state index in [2.05, 4.69) is 10.6 Å². The number of rotatable bonds is 0. The number of amides is 1. The molecular formula is C13H16N2O. The van der Waals surface area contributed by atoms with E-state index < -0.39 is 0 Å². The summed E-state index contributed by atoms with van der Waals surface area (Å²) in [5.74, 6) is 0.197. The standard InChI is InChI=1S/C13H16N2O/c16-12-13(7-3-4-8-13)9-14-10-5-1-2-6-11(10)15-12/h1-2,5-6,14H,3-4,7-9H2,(H,15,16). The van der Waals surface area contributed by atoms with Gasteiger partial charge in [0.1, 0.15) is 0 Å². The van der Waals surface area contributed by atoms with Crippen molar-refractivity contribution in [3.05, 3.63) is 24.3 Å². The molecule has 0 atom stereocenters. The first-order valence-electron chi connectivity index (χ1n) is 5.95. The van der Waals surface area contributed by atoms with E-state index in [-0.39, 0.29) is 11.3 Å². The molecule has 3 rings (SSSR count). The third-order valence-corrected chi connectivity index (χ3v) is 3.83.